The molecule has 33 heavy (non-hydrogen) atoms. The number of hydrogen-bond donors (Lipinski definition) is 1. The SMILES string of the molecule is Cc1cc(=O)c(C(=O)NCC(c2ccco2)N2CCCC2)nn1-c1ccccc1C(F)(F)F. The second-order valence-electron chi connectivity index (χ2n) is 7.91. The standard InChI is InChI=1S/C23H23F3N4O3/c1-15-13-19(31)21(28-30(15)17-8-3-2-7-16(17)23(24,25)26)22(32)27-14-18(20-9-6-12-33-20)29-10-4-5-11-29/h2-3,6-9,12-13,18H,4-5,10-11,14H2,1H3,(H,27,32). The van der Waals surface area contributed by atoms with E-state index in [0.717, 1.165) is 42.7 Å². The molecule has 1 unspecified atom stereocenters. The van der Waals surface area contributed by atoms with Crippen LogP contribution in [0.1, 0.15) is 46.4 Å². The highest BCUT2D eigenvalue weighted by Gasteiger charge is 2.34. The molecule has 174 valence electrons. The number of halogens is 3. The number of para-hydroxylation sites is 1. The molecule has 1 saturated heterocycles. The molecule has 7 nitrogen and oxygen atoms in total. The van der Waals surface area contributed by atoms with Crippen LogP contribution < -0.4 is 10.7 Å². The van der Waals surface area contributed by atoms with Gasteiger partial charge in [0.1, 0.15) is 5.76 Å². The summed E-state index contributed by atoms with van der Waals surface area (Å²) in [6, 6.07) is 9.36. The third-order valence-electron chi connectivity index (χ3n) is 5.67. The van der Waals surface area contributed by atoms with Crippen LogP contribution in [0.5, 0.6) is 0 Å². The van der Waals surface area contributed by atoms with Crippen LogP contribution in [0, 0.1) is 6.92 Å². The average Bonchev–Trinajstić information content (AvgIpc) is 3.48. The van der Waals surface area contributed by atoms with Crippen LogP contribution >= 0.6 is 0 Å². The number of furan rings is 1. The van der Waals surface area contributed by atoms with Crippen LogP contribution in [0.4, 0.5) is 13.2 Å². The van der Waals surface area contributed by atoms with Gasteiger partial charge in [-0.2, -0.15) is 18.3 Å². The van der Waals surface area contributed by atoms with Crippen LogP contribution in [-0.4, -0.2) is 40.2 Å². The van der Waals surface area contributed by atoms with Crippen molar-refractivity contribution in [1.82, 2.24) is 20.0 Å². The number of benzene rings is 1. The number of nitrogens with zero attached hydrogens (tertiary/aromatic N) is 3. The molecule has 10 heteroatoms. The van der Waals surface area contributed by atoms with E-state index in [2.05, 4.69) is 15.3 Å². The summed E-state index contributed by atoms with van der Waals surface area (Å²) in [5.41, 5.74) is -2.14. The number of alkyl halides is 3. The van der Waals surface area contributed by atoms with E-state index in [1.165, 1.54) is 25.1 Å². The van der Waals surface area contributed by atoms with E-state index in [9.17, 15) is 22.8 Å². The Morgan fingerprint density at radius 1 is 1.18 bits per heavy atom. The van der Waals surface area contributed by atoms with Gasteiger partial charge in [0.25, 0.3) is 5.91 Å². The highest BCUT2D eigenvalue weighted by molar-refractivity contribution is 5.92. The van der Waals surface area contributed by atoms with Crippen molar-refractivity contribution < 1.29 is 22.4 Å². The van der Waals surface area contributed by atoms with Crippen molar-refractivity contribution in [3.8, 4) is 5.69 Å². The van der Waals surface area contributed by atoms with Gasteiger partial charge in [-0.05, 0) is 57.1 Å². The molecule has 1 N–H and O–H groups in total. The Labute approximate surface area is 187 Å². The number of hydrogen-bond acceptors (Lipinski definition) is 5. The Morgan fingerprint density at radius 2 is 1.91 bits per heavy atom. The molecule has 1 amide bonds. The van der Waals surface area contributed by atoms with Gasteiger partial charge in [0.05, 0.1) is 23.6 Å². The quantitative estimate of drug-likeness (QED) is 0.607. The van der Waals surface area contributed by atoms with Crippen molar-refractivity contribution in [1.29, 1.82) is 0 Å². The zero-order valence-corrected chi connectivity index (χ0v) is 17.9. The molecule has 0 radical (unpaired) electrons. The predicted octanol–water partition coefficient (Wildman–Crippen LogP) is 3.72. The number of amides is 1. The van der Waals surface area contributed by atoms with Gasteiger partial charge < -0.3 is 9.73 Å². The lowest BCUT2D eigenvalue weighted by molar-refractivity contribution is -0.137. The number of aromatic nitrogens is 2. The Hall–Kier alpha value is -3.40. The molecule has 1 fully saturated rings. The molecule has 0 bridgehead atoms. The van der Waals surface area contributed by atoms with Crippen LogP contribution in [0.15, 0.2) is 57.9 Å². The van der Waals surface area contributed by atoms with Gasteiger partial charge in [-0.1, -0.05) is 12.1 Å². The van der Waals surface area contributed by atoms with Crippen molar-refractivity contribution in [3.63, 3.8) is 0 Å². The monoisotopic (exact) mass is 460 g/mol. The molecule has 3 aromatic rings. The van der Waals surface area contributed by atoms with Crippen LogP contribution in [0.2, 0.25) is 0 Å². The van der Waals surface area contributed by atoms with E-state index in [-0.39, 0.29) is 24.0 Å². The maximum atomic E-state index is 13.5. The van der Waals surface area contributed by atoms with Gasteiger partial charge in [-0.3, -0.25) is 14.5 Å². The molecular formula is C23H23F3N4O3. The molecule has 0 spiro atoms. The second-order valence-corrected chi connectivity index (χ2v) is 7.91. The van der Waals surface area contributed by atoms with Crippen molar-refractivity contribution in [2.24, 2.45) is 0 Å². The van der Waals surface area contributed by atoms with E-state index in [1.54, 1.807) is 12.3 Å². The molecule has 2 aromatic heterocycles. The smallest absolute Gasteiger partial charge is 0.418 e. The zero-order valence-electron chi connectivity index (χ0n) is 17.9. The fourth-order valence-electron chi connectivity index (χ4n) is 4.06. The van der Waals surface area contributed by atoms with E-state index in [1.807, 2.05) is 6.07 Å². The number of likely N-dealkylation sites (tertiary alicyclic amines) is 1. The summed E-state index contributed by atoms with van der Waals surface area (Å²) >= 11 is 0. The Bertz CT molecular complexity index is 1180. The van der Waals surface area contributed by atoms with Crippen LogP contribution in [0.25, 0.3) is 5.69 Å². The van der Waals surface area contributed by atoms with E-state index < -0.39 is 28.8 Å². The summed E-state index contributed by atoms with van der Waals surface area (Å²) in [5, 5.41) is 6.72. The summed E-state index contributed by atoms with van der Waals surface area (Å²) in [6.07, 6.45) is -0.997. The minimum atomic E-state index is -4.62. The van der Waals surface area contributed by atoms with Crippen molar-refractivity contribution in [3.05, 3.63) is 81.7 Å². The van der Waals surface area contributed by atoms with Gasteiger partial charge >= 0.3 is 6.18 Å². The van der Waals surface area contributed by atoms with Crippen LogP contribution in [-0.2, 0) is 6.18 Å². The van der Waals surface area contributed by atoms with Crippen molar-refractivity contribution >= 4 is 5.91 Å². The van der Waals surface area contributed by atoms with Gasteiger partial charge in [-0.15, -0.1) is 0 Å². The molecule has 0 saturated carbocycles. The summed E-state index contributed by atoms with van der Waals surface area (Å²) in [7, 11) is 0. The minimum Gasteiger partial charge on any atom is -0.468 e. The summed E-state index contributed by atoms with van der Waals surface area (Å²) in [6.45, 7) is 3.33. The van der Waals surface area contributed by atoms with Gasteiger partial charge in [0, 0.05) is 18.3 Å². The third kappa shape index (κ3) is 4.85. The summed E-state index contributed by atoms with van der Waals surface area (Å²) in [5.74, 6) is -0.0698. The van der Waals surface area contributed by atoms with Gasteiger partial charge in [-0.25, -0.2) is 4.68 Å². The lowest BCUT2D eigenvalue weighted by Gasteiger charge is -2.26. The molecule has 3 heterocycles. The molecule has 1 aliphatic heterocycles. The first kappa shape index (κ1) is 22.8. The third-order valence-corrected chi connectivity index (χ3v) is 5.67. The first-order valence-electron chi connectivity index (χ1n) is 10.6. The lowest BCUT2D eigenvalue weighted by atomic mass is 10.1. The maximum absolute atomic E-state index is 13.5. The number of nitrogens with one attached hydrogen (secondary N) is 1. The highest BCUT2D eigenvalue weighted by Crippen LogP contribution is 2.33. The van der Waals surface area contributed by atoms with E-state index >= 15 is 0 Å². The normalized spacial score (nSPS) is 15.5. The zero-order chi connectivity index (χ0) is 23.6. The van der Waals surface area contributed by atoms with E-state index in [0.29, 0.717) is 5.76 Å². The molecule has 1 aliphatic rings. The number of carbonyl (C=O) groups is 1. The Kier molecular flexibility index (Phi) is 6.37. The van der Waals surface area contributed by atoms with E-state index in [4.69, 9.17) is 4.42 Å². The molecule has 1 atom stereocenters. The lowest BCUT2D eigenvalue weighted by Crippen LogP contribution is -2.39. The molecule has 0 aliphatic carbocycles. The molecule has 1 aromatic carbocycles. The number of carbonyl (C=O) groups excluding carboxylic acids is 1. The van der Waals surface area contributed by atoms with Crippen molar-refractivity contribution in [2.45, 2.75) is 32.0 Å². The summed E-state index contributed by atoms with van der Waals surface area (Å²) in [4.78, 5) is 27.5. The molecular weight excluding hydrogens is 437 g/mol. The first-order valence-corrected chi connectivity index (χ1v) is 10.6. The topological polar surface area (TPSA) is 80.4 Å². The number of rotatable bonds is 6. The average molecular weight is 460 g/mol. The van der Waals surface area contributed by atoms with Crippen LogP contribution in [0.3, 0.4) is 0 Å². The highest BCUT2D eigenvalue weighted by atomic mass is 19.4. The Balaban J connectivity index is 1.62. The predicted molar refractivity (Wildman–Crippen MR) is 114 cm³/mol. The van der Waals surface area contributed by atoms with Gasteiger partial charge in [0.2, 0.25) is 5.43 Å². The van der Waals surface area contributed by atoms with Crippen molar-refractivity contribution in [2.75, 3.05) is 19.6 Å². The first-order chi connectivity index (χ1) is 15.8. The maximum Gasteiger partial charge on any atom is 0.418 e. The fourth-order valence-corrected chi connectivity index (χ4v) is 4.06. The largest absolute Gasteiger partial charge is 0.468 e. The fraction of sp³-hybridized carbons (Fsp3) is 0.348. The summed E-state index contributed by atoms with van der Waals surface area (Å²) < 4.78 is 47.0. The van der Waals surface area contributed by atoms with Gasteiger partial charge in [0.15, 0.2) is 5.69 Å². The number of aryl methyl sites for hydroxylation is 1. The Morgan fingerprint density at radius 3 is 2.58 bits per heavy atom. The second kappa shape index (κ2) is 9.22. The minimum absolute atomic E-state index is 0.167. The molecule has 4 rings (SSSR count).